The normalized spacial score (nSPS) is 15.1. The topological polar surface area (TPSA) is 38.3 Å². The Morgan fingerprint density at radius 1 is 1.62 bits per heavy atom. The lowest BCUT2D eigenvalue weighted by atomic mass is 10.1. The Balaban J connectivity index is 2.18. The fourth-order valence-corrected chi connectivity index (χ4v) is 1.99. The standard InChI is InChI=1S/C12H14ClNO2/c1-2-14-12(15)11(13)9-3-4-10-8(7-9)5-6-16-10/h3-4,7,11H,2,5-6H2,1H3,(H,14,15). The van der Waals surface area contributed by atoms with E-state index in [-0.39, 0.29) is 5.91 Å². The molecule has 1 aliphatic rings. The zero-order valence-electron chi connectivity index (χ0n) is 9.13. The fraction of sp³-hybridized carbons (Fsp3) is 0.417. The number of fused-ring (bicyclic) bond motifs is 1. The number of amides is 1. The number of halogens is 1. The molecular formula is C12H14ClNO2. The van der Waals surface area contributed by atoms with Gasteiger partial charge in [-0.3, -0.25) is 4.79 Å². The molecule has 0 aliphatic carbocycles. The lowest BCUT2D eigenvalue weighted by Crippen LogP contribution is -2.26. The van der Waals surface area contributed by atoms with Gasteiger partial charge in [0, 0.05) is 13.0 Å². The van der Waals surface area contributed by atoms with Crippen molar-refractivity contribution < 1.29 is 9.53 Å². The summed E-state index contributed by atoms with van der Waals surface area (Å²) in [6.45, 7) is 3.18. The van der Waals surface area contributed by atoms with E-state index in [9.17, 15) is 4.79 Å². The third-order valence-electron chi connectivity index (χ3n) is 2.59. The molecule has 0 saturated carbocycles. The third kappa shape index (κ3) is 2.14. The van der Waals surface area contributed by atoms with E-state index < -0.39 is 5.38 Å². The third-order valence-corrected chi connectivity index (χ3v) is 3.04. The zero-order valence-corrected chi connectivity index (χ0v) is 9.88. The lowest BCUT2D eigenvalue weighted by molar-refractivity contribution is -0.120. The van der Waals surface area contributed by atoms with Gasteiger partial charge in [0.1, 0.15) is 11.1 Å². The number of hydrogen-bond acceptors (Lipinski definition) is 2. The van der Waals surface area contributed by atoms with Crippen LogP contribution >= 0.6 is 11.6 Å². The van der Waals surface area contributed by atoms with Crippen LogP contribution in [0.4, 0.5) is 0 Å². The van der Waals surface area contributed by atoms with Crippen molar-refractivity contribution >= 4 is 17.5 Å². The maximum atomic E-state index is 11.6. The summed E-state index contributed by atoms with van der Waals surface area (Å²) in [6.07, 6.45) is 0.891. The minimum absolute atomic E-state index is 0.150. The Bertz CT molecular complexity index is 406. The van der Waals surface area contributed by atoms with Gasteiger partial charge in [0.2, 0.25) is 5.91 Å². The van der Waals surface area contributed by atoms with Crippen LogP contribution in [-0.2, 0) is 11.2 Å². The molecule has 0 fully saturated rings. The number of alkyl halides is 1. The molecule has 1 heterocycles. The maximum Gasteiger partial charge on any atom is 0.242 e. The minimum atomic E-state index is -0.620. The maximum absolute atomic E-state index is 11.6. The molecule has 3 nitrogen and oxygen atoms in total. The first-order valence-electron chi connectivity index (χ1n) is 5.39. The van der Waals surface area contributed by atoms with E-state index in [0.717, 1.165) is 23.3 Å². The van der Waals surface area contributed by atoms with Crippen molar-refractivity contribution in [1.82, 2.24) is 5.32 Å². The minimum Gasteiger partial charge on any atom is -0.493 e. The largest absolute Gasteiger partial charge is 0.493 e. The highest BCUT2D eigenvalue weighted by atomic mass is 35.5. The summed E-state index contributed by atoms with van der Waals surface area (Å²) in [5, 5.41) is 2.09. The van der Waals surface area contributed by atoms with Gasteiger partial charge >= 0.3 is 0 Å². The van der Waals surface area contributed by atoms with E-state index in [0.29, 0.717) is 13.2 Å². The molecule has 86 valence electrons. The Morgan fingerprint density at radius 3 is 3.19 bits per heavy atom. The van der Waals surface area contributed by atoms with Gasteiger partial charge in [-0.2, -0.15) is 0 Å². The summed E-state index contributed by atoms with van der Waals surface area (Å²) in [6, 6.07) is 5.68. The molecule has 1 atom stereocenters. The highest BCUT2D eigenvalue weighted by molar-refractivity contribution is 6.30. The summed E-state index contributed by atoms with van der Waals surface area (Å²) in [4.78, 5) is 11.6. The van der Waals surface area contributed by atoms with Crippen LogP contribution in [0.5, 0.6) is 5.75 Å². The van der Waals surface area contributed by atoms with Crippen LogP contribution in [0.25, 0.3) is 0 Å². The number of benzene rings is 1. The second-order valence-corrected chi connectivity index (χ2v) is 4.16. The van der Waals surface area contributed by atoms with Crippen molar-refractivity contribution in [3.8, 4) is 5.75 Å². The lowest BCUT2D eigenvalue weighted by Gasteiger charge is -2.10. The molecule has 0 aromatic heterocycles. The van der Waals surface area contributed by atoms with Crippen molar-refractivity contribution in [3.05, 3.63) is 29.3 Å². The molecule has 0 spiro atoms. The molecule has 1 aliphatic heterocycles. The van der Waals surface area contributed by atoms with Crippen molar-refractivity contribution in [1.29, 1.82) is 0 Å². The van der Waals surface area contributed by atoms with Crippen LogP contribution in [0, 0.1) is 0 Å². The highest BCUT2D eigenvalue weighted by Crippen LogP contribution is 2.30. The van der Waals surface area contributed by atoms with Gasteiger partial charge in [-0.1, -0.05) is 6.07 Å². The molecule has 1 amide bonds. The smallest absolute Gasteiger partial charge is 0.242 e. The summed E-state index contributed by atoms with van der Waals surface area (Å²) in [5.74, 6) is 0.756. The summed E-state index contributed by atoms with van der Waals surface area (Å²) < 4.78 is 5.40. The van der Waals surface area contributed by atoms with Crippen LogP contribution in [0.15, 0.2) is 18.2 Å². The predicted molar refractivity (Wildman–Crippen MR) is 62.9 cm³/mol. The second-order valence-electron chi connectivity index (χ2n) is 3.72. The monoisotopic (exact) mass is 239 g/mol. The van der Waals surface area contributed by atoms with E-state index in [1.54, 1.807) is 0 Å². The van der Waals surface area contributed by atoms with Crippen LogP contribution in [-0.4, -0.2) is 19.1 Å². The van der Waals surface area contributed by atoms with Gasteiger partial charge in [-0.25, -0.2) is 0 Å². The average Bonchev–Trinajstić information content (AvgIpc) is 2.75. The van der Waals surface area contributed by atoms with E-state index in [1.165, 1.54) is 0 Å². The predicted octanol–water partition coefficient (Wildman–Crippen LogP) is 2.04. The number of hydrogen-bond donors (Lipinski definition) is 1. The van der Waals surface area contributed by atoms with Crippen molar-refractivity contribution in [2.45, 2.75) is 18.7 Å². The fourth-order valence-electron chi connectivity index (χ4n) is 1.78. The van der Waals surface area contributed by atoms with Gasteiger partial charge < -0.3 is 10.1 Å². The zero-order chi connectivity index (χ0) is 11.5. The number of carbonyl (C=O) groups is 1. The Labute approximate surface area is 99.7 Å². The highest BCUT2D eigenvalue weighted by Gasteiger charge is 2.20. The summed E-state index contributed by atoms with van der Waals surface area (Å²) >= 11 is 6.08. The van der Waals surface area contributed by atoms with Crippen molar-refractivity contribution in [3.63, 3.8) is 0 Å². The number of ether oxygens (including phenoxy) is 1. The van der Waals surface area contributed by atoms with Gasteiger partial charge in [0.25, 0.3) is 0 Å². The van der Waals surface area contributed by atoms with Crippen molar-refractivity contribution in [2.75, 3.05) is 13.2 Å². The first-order chi connectivity index (χ1) is 7.72. The molecule has 4 heteroatoms. The first kappa shape index (κ1) is 11.3. The average molecular weight is 240 g/mol. The molecule has 1 aromatic carbocycles. The SMILES string of the molecule is CCNC(=O)C(Cl)c1ccc2c(c1)CCO2. The Morgan fingerprint density at radius 2 is 2.44 bits per heavy atom. The second kappa shape index (κ2) is 4.74. The summed E-state index contributed by atoms with van der Waals surface area (Å²) in [7, 11) is 0. The van der Waals surface area contributed by atoms with E-state index in [2.05, 4.69) is 5.32 Å². The Hall–Kier alpha value is -1.22. The summed E-state index contributed by atoms with van der Waals surface area (Å²) in [5.41, 5.74) is 1.96. The molecule has 2 rings (SSSR count). The van der Waals surface area contributed by atoms with Crippen molar-refractivity contribution in [2.24, 2.45) is 0 Å². The molecule has 1 unspecified atom stereocenters. The molecule has 1 aromatic rings. The van der Waals surface area contributed by atoms with Gasteiger partial charge in [-0.15, -0.1) is 11.6 Å². The molecule has 0 bridgehead atoms. The van der Waals surface area contributed by atoms with Gasteiger partial charge in [0.05, 0.1) is 6.61 Å². The van der Waals surface area contributed by atoms with Crippen LogP contribution in [0.1, 0.15) is 23.4 Å². The number of carbonyl (C=O) groups excluding carboxylic acids is 1. The van der Waals surface area contributed by atoms with E-state index in [1.807, 2.05) is 25.1 Å². The Kier molecular flexibility index (Phi) is 3.34. The number of likely N-dealkylation sites (N-methyl/N-ethyl adjacent to an activating group) is 1. The molecule has 1 N–H and O–H groups in total. The molecular weight excluding hydrogens is 226 g/mol. The number of nitrogens with one attached hydrogen (secondary N) is 1. The molecule has 0 radical (unpaired) electrons. The van der Waals surface area contributed by atoms with Crippen LogP contribution in [0.2, 0.25) is 0 Å². The van der Waals surface area contributed by atoms with Gasteiger partial charge in [0.15, 0.2) is 0 Å². The van der Waals surface area contributed by atoms with E-state index >= 15 is 0 Å². The van der Waals surface area contributed by atoms with Gasteiger partial charge in [-0.05, 0) is 30.2 Å². The quantitative estimate of drug-likeness (QED) is 0.820. The molecule has 16 heavy (non-hydrogen) atoms. The first-order valence-corrected chi connectivity index (χ1v) is 5.83. The molecule has 0 saturated heterocycles. The number of rotatable bonds is 3. The van der Waals surface area contributed by atoms with Crippen LogP contribution in [0.3, 0.4) is 0 Å². The van der Waals surface area contributed by atoms with Crippen LogP contribution < -0.4 is 10.1 Å². The van der Waals surface area contributed by atoms with E-state index in [4.69, 9.17) is 16.3 Å².